The van der Waals surface area contributed by atoms with Crippen molar-refractivity contribution in [2.24, 2.45) is 0 Å². The highest BCUT2D eigenvalue weighted by molar-refractivity contribution is 7.99. The molecule has 4 heteroatoms. The van der Waals surface area contributed by atoms with Gasteiger partial charge in [0.2, 0.25) is 0 Å². The second kappa shape index (κ2) is 6.04. The van der Waals surface area contributed by atoms with Crippen LogP contribution in [0.5, 0.6) is 0 Å². The average Bonchev–Trinajstić information content (AvgIpc) is 2.43. The Kier molecular flexibility index (Phi) is 4.39. The van der Waals surface area contributed by atoms with Crippen LogP contribution in [0, 0.1) is 0 Å². The molecule has 122 valence electrons. The number of nitrogens with zero attached hydrogens (tertiary/aromatic N) is 2. The van der Waals surface area contributed by atoms with Crippen molar-refractivity contribution in [3.63, 3.8) is 0 Å². The van der Waals surface area contributed by atoms with Gasteiger partial charge in [0.25, 0.3) is 0 Å². The van der Waals surface area contributed by atoms with Gasteiger partial charge in [-0.3, -0.25) is 4.90 Å². The maximum absolute atomic E-state index is 2.56. The van der Waals surface area contributed by atoms with Gasteiger partial charge >= 0.3 is 0 Å². The molecule has 0 aliphatic carbocycles. The van der Waals surface area contributed by atoms with Crippen molar-refractivity contribution in [2.75, 3.05) is 18.0 Å². The third-order valence-electron chi connectivity index (χ3n) is 4.65. The number of halogens is 1. The number of hydrogen-bond acceptors (Lipinski definition) is 3. The first kappa shape index (κ1) is 16.7. The van der Waals surface area contributed by atoms with Gasteiger partial charge in [-0.15, -0.1) is 12.4 Å². The Morgan fingerprint density at radius 3 is 1.83 bits per heavy atom. The first-order valence-corrected chi connectivity index (χ1v) is 8.76. The number of anilines is 2. The number of para-hydroxylation sites is 2. The molecule has 23 heavy (non-hydrogen) atoms. The van der Waals surface area contributed by atoms with E-state index in [0.717, 1.165) is 13.1 Å². The van der Waals surface area contributed by atoms with Gasteiger partial charge in [-0.05, 0) is 45.0 Å². The van der Waals surface area contributed by atoms with Gasteiger partial charge in [-0.25, -0.2) is 0 Å². The molecular formula is C19H23ClN2S. The molecule has 2 heterocycles. The van der Waals surface area contributed by atoms with E-state index in [9.17, 15) is 0 Å². The molecular weight excluding hydrogens is 324 g/mol. The Labute approximate surface area is 149 Å². The summed E-state index contributed by atoms with van der Waals surface area (Å²) in [5, 5.41) is 0. The zero-order valence-corrected chi connectivity index (χ0v) is 15.5. The highest BCUT2D eigenvalue weighted by Crippen LogP contribution is 2.49. The fourth-order valence-electron chi connectivity index (χ4n) is 3.29. The molecule has 2 aliphatic heterocycles. The van der Waals surface area contributed by atoms with Crippen LogP contribution < -0.4 is 4.90 Å². The number of hydrogen-bond donors (Lipinski definition) is 0. The first-order chi connectivity index (χ1) is 10.5. The largest absolute Gasteiger partial charge is 0.334 e. The molecule has 0 aromatic heterocycles. The normalized spacial score (nSPS) is 17.8. The summed E-state index contributed by atoms with van der Waals surface area (Å²) in [6.07, 6.45) is 0. The first-order valence-electron chi connectivity index (χ1n) is 7.94. The van der Waals surface area contributed by atoms with Gasteiger partial charge in [0.15, 0.2) is 0 Å². The van der Waals surface area contributed by atoms with E-state index < -0.39 is 0 Å². The van der Waals surface area contributed by atoms with E-state index in [1.54, 1.807) is 0 Å². The summed E-state index contributed by atoms with van der Waals surface area (Å²) < 4.78 is 0. The van der Waals surface area contributed by atoms with Crippen LogP contribution in [0.2, 0.25) is 0 Å². The van der Waals surface area contributed by atoms with Crippen molar-refractivity contribution in [3.8, 4) is 0 Å². The summed E-state index contributed by atoms with van der Waals surface area (Å²) in [5.74, 6) is 0. The standard InChI is InChI=1S/C19H22N2S.ClH/c1-19(2,3)20-12-14(13-20)21-15-8-4-6-10-17(15)22-18-11-7-5-9-16(18)21;/h4-11,14H,12-13H2,1-3H3;1H. The van der Waals surface area contributed by atoms with Gasteiger partial charge in [0, 0.05) is 28.4 Å². The summed E-state index contributed by atoms with van der Waals surface area (Å²) in [4.78, 5) is 7.86. The molecule has 0 bridgehead atoms. The minimum absolute atomic E-state index is 0. The van der Waals surface area contributed by atoms with Crippen molar-refractivity contribution in [1.82, 2.24) is 4.90 Å². The summed E-state index contributed by atoms with van der Waals surface area (Å²) in [6.45, 7) is 9.18. The van der Waals surface area contributed by atoms with E-state index in [1.807, 2.05) is 11.8 Å². The average molecular weight is 347 g/mol. The lowest BCUT2D eigenvalue weighted by Crippen LogP contribution is -2.64. The SMILES string of the molecule is CC(C)(C)N1CC(N2c3ccccc3Sc3ccccc32)C1.Cl. The number of rotatable bonds is 1. The smallest absolute Gasteiger partial charge is 0.0597 e. The molecule has 0 saturated carbocycles. The van der Waals surface area contributed by atoms with Gasteiger partial charge in [-0.2, -0.15) is 0 Å². The number of benzene rings is 2. The van der Waals surface area contributed by atoms with Crippen LogP contribution >= 0.6 is 24.2 Å². The lowest BCUT2D eigenvalue weighted by Gasteiger charge is -2.53. The van der Waals surface area contributed by atoms with Crippen LogP contribution in [0.15, 0.2) is 58.3 Å². The molecule has 0 N–H and O–H groups in total. The third-order valence-corrected chi connectivity index (χ3v) is 5.78. The molecule has 2 aliphatic rings. The monoisotopic (exact) mass is 346 g/mol. The van der Waals surface area contributed by atoms with Crippen molar-refractivity contribution >= 4 is 35.5 Å². The van der Waals surface area contributed by atoms with E-state index in [0.29, 0.717) is 6.04 Å². The van der Waals surface area contributed by atoms with Crippen LogP contribution in [0.4, 0.5) is 11.4 Å². The van der Waals surface area contributed by atoms with Gasteiger partial charge in [0.1, 0.15) is 0 Å². The molecule has 0 atom stereocenters. The quantitative estimate of drug-likeness (QED) is 0.701. The van der Waals surface area contributed by atoms with Crippen LogP contribution in [-0.4, -0.2) is 29.6 Å². The second-order valence-electron chi connectivity index (χ2n) is 7.14. The van der Waals surface area contributed by atoms with Crippen LogP contribution in [0.25, 0.3) is 0 Å². The molecule has 0 unspecified atom stereocenters. The molecule has 0 amide bonds. The van der Waals surface area contributed by atoms with E-state index in [2.05, 4.69) is 79.1 Å². The molecule has 2 aromatic rings. The molecule has 2 aromatic carbocycles. The molecule has 4 rings (SSSR count). The molecule has 1 saturated heterocycles. The summed E-state index contributed by atoms with van der Waals surface area (Å²) in [5.41, 5.74) is 2.99. The van der Waals surface area contributed by atoms with Gasteiger partial charge in [-0.1, -0.05) is 36.0 Å². The minimum Gasteiger partial charge on any atom is -0.334 e. The Morgan fingerprint density at radius 2 is 1.35 bits per heavy atom. The molecule has 0 radical (unpaired) electrons. The lowest BCUT2D eigenvalue weighted by molar-refractivity contribution is 0.0494. The predicted molar refractivity (Wildman–Crippen MR) is 102 cm³/mol. The zero-order chi connectivity index (χ0) is 15.3. The highest BCUT2D eigenvalue weighted by atomic mass is 35.5. The molecule has 0 spiro atoms. The fourth-order valence-corrected chi connectivity index (χ4v) is 4.37. The summed E-state index contributed by atoms with van der Waals surface area (Å²) in [7, 11) is 0. The van der Waals surface area contributed by atoms with Gasteiger partial charge < -0.3 is 4.90 Å². The Morgan fingerprint density at radius 1 is 0.870 bits per heavy atom. The lowest BCUT2D eigenvalue weighted by atomic mass is 9.95. The maximum Gasteiger partial charge on any atom is 0.0597 e. The Hall–Kier alpha value is -1.16. The number of likely N-dealkylation sites (tertiary alicyclic amines) is 1. The molecule has 2 nitrogen and oxygen atoms in total. The summed E-state index contributed by atoms with van der Waals surface area (Å²) in [6, 6.07) is 18.2. The topological polar surface area (TPSA) is 6.48 Å². The van der Waals surface area contributed by atoms with Crippen LogP contribution in [0.3, 0.4) is 0 Å². The van der Waals surface area contributed by atoms with Crippen LogP contribution in [-0.2, 0) is 0 Å². The maximum atomic E-state index is 2.56. The fraction of sp³-hybridized carbons (Fsp3) is 0.368. The summed E-state index contributed by atoms with van der Waals surface area (Å²) >= 11 is 1.89. The molecule has 1 fully saturated rings. The zero-order valence-electron chi connectivity index (χ0n) is 13.8. The van der Waals surface area contributed by atoms with E-state index in [4.69, 9.17) is 0 Å². The Balaban J connectivity index is 0.00000156. The number of fused-ring (bicyclic) bond motifs is 2. The van der Waals surface area contributed by atoms with Crippen molar-refractivity contribution in [1.29, 1.82) is 0 Å². The van der Waals surface area contributed by atoms with Crippen molar-refractivity contribution < 1.29 is 0 Å². The van der Waals surface area contributed by atoms with Crippen molar-refractivity contribution in [2.45, 2.75) is 42.1 Å². The van der Waals surface area contributed by atoms with Crippen LogP contribution in [0.1, 0.15) is 20.8 Å². The Bertz CT molecular complexity index is 659. The highest BCUT2D eigenvalue weighted by Gasteiger charge is 2.40. The van der Waals surface area contributed by atoms with E-state index in [1.165, 1.54) is 21.2 Å². The van der Waals surface area contributed by atoms with Crippen molar-refractivity contribution in [3.05, 3.63) is 48.5 Å². The minimum atomic E-state index is 0. The second-order valence-corrected chi connectivity index (χ2v) is 8.22. The predicted octanol–water partition coefficient (Wildman–Crippen LogP) is 5.19. The van der Waals surface area contributed by atoms with Gasteiger partial charge in [0.05, 0.1) is 17.4 Å². The third kappa shape index (κ3) is 2.86. The van der Waals surface area contributed by atoms with E-state index in [-0.39, 0.29) is 17.9 Å². The van der Waals surface area contributed by atoms with E-state index >= 15 is 0 Å².